The summed E-state index contributed by atoms with van der Waals surface area (Å²) in [4.78, 5) is 6.60. The average Bonchev–Trinajstić information content (AvgIpc) is 3.10. The number of hydrogen-bond acceptors (Lipinski definition) is 5. The van der Waals surface area contributed by atoms with Crippen LogP contribution in [0.25, 0.3) is 0 Å². The molecule has 2 aromatic heterocycles. The summed E-state index contributed by atoms with van der Waals surface area (Å²) in [5.41, 5.74) is 1.97. The average molecular weight is 434 g/mol. The molecule has 0 bridgehead atoms. The van der Waals surface area contributed by atoms with E-state index in [4.69, 9.17) is 16.0 Å². The minimum atomic E-state index is -3.26. The van der Waals surface area contributed by atoms with Gasteiger partial charge >= 0.3 is 0 Å². The highest BCUT2D eigenvalue weighted by molar-refractivity contribution is 7.88. The van der Waals surface area contributed by atoms with E-state index < -0.39 is 10.0 Å². The van der Waals surface area contributed by atoms with Crippen LogP contribution in [0.5, 0.6) is 0 Å². The predicted molar refractivity (Wildman–Crippen MR) is 114 cm³/mol. The van der Waals surface area contributed by atoms with E-state index in [1.807, 2.05) is 54.6 Å². The first-order valence-corrected chi connectivity index (χ1v) is 11.4. The first-order chi connectivity index (χ1) is 13.8. The topological polar surface area (TPSA) is 66.7 Å². The van der Waals surface area contributed by atoms with Crippen LogP contribution in [-0.4, -0.2) is 35.9 Å². The Morgan fingerprint density at radius 1 is 0.931 bits per heavy atom. The van der Waals surface area contributed by atoms with Gasteiger partial charge in [-0.3, -0.25) is 9.88 Å². The number of rotatable bonds is 9. The van der Waals surface area contributed by atoms with Crippen LogP contribution < -0.4 is 0 Å². The van der Waals surface area contributed by atoms with Crippen molar-refractivity contribution in [2.45, 2.75) is 26.2 Å². The maximum absolute atomic E-state index is 11.6. The zero-order valence-electron chi connectivity index (χ0n) is 16.5. The van der Waals surface area contributed by atoms with E-state index in [9.17, 15) is 8.42 Å². The largest absolute Gasteiger partial charge is 0.463 e. The van der Waals surface area contributed by atoms with Gasteiger partial charge in [0.25, 0.3) is 0 Å². The fourth-order valence-corrected chi connectivity index (χ4v) is 3.46. The number of furan rings is 1. The number of pyridine rings is 1. The summed E-state index contributed by atoms with van der Waals surface area (Å²) in [6.45, 7) is 2.01. The van der Waals surface area contributed by atoms with Crippen LogP contribution in [0.15, 0.2) is 65.2 Å². The lowest BCUT2D eigenvalue weighted by Crippen LogP contribution is -2.24. The van der Waals surface area contributed by atoms with Crippen molar-refractivity contribution in [3.8, 4) is 0 Å². The van der Waals surface area contributed by atoms with E-state index in [-0.39, 0.29) is 6.54 Å². The summed E-state index contributed by atoms with van der Waals surface area (Å²) in [7, 11) is -1.73. The van der Waals surface area contributed by atoms with Crippen molar-refractivity contribution in [3.63, 3.8) is 0 Å². The molecule has 0 saturated heterocycles. The third kappa shape index (κ3) is 6.40. The van der Waals surface area contributed by atoms with E-state index in [0.29, 0.717) is 30.4 Å². The first kappa shape index (κ1) is 21.5. The number of nitrogens with zero attached hydrogens (tertiary/aromatic N) is 3. The van der Waals surface area contributed by atoms with Crippen LogP contribution in [0.2, 0.25) is 5.02 Å². The van der Waals surface area contributed by atoms with Crippen LogP contribution in [0.4, 0.5) is 0 Å². The molecular formula is C21H24ClN3O3S. The van der Waals surface area contributed by atoms with Crippen LogP contribution >= 0.6 is 11.6 Å². The Morgan fingerprint density at radius 2 is 1.62 bits per heavy atom. The molecule has 1 aromatic carbocycles. The quantitative estimate of drug-likeness (QED) is 0.511. The molecule has 29 heavy (non-hydrogen) atoms. The van der Waals surface area contributed by atoms with Gasteiger partial charge in [0, 0.05) is 31.4 Å². The van der Waals surface area contributed by atoms with Crippen molar-refractivity contribution in [3.05, 3.63) is 88.6 Å². The van der Waals surface area contributed by atoms with Crippen molar-refractivity contribution in [1.82, 2.24) is 14.2 Å². The second-order valence-corrected chi connectivity index (χ2v) is 9.44. The summed E-state index contributed by atoms with van der Waals surface area (Å²) < 4.78 is 30.4. The van der Waals surface area contributed by atoms with Crippen molar-refractivity contribution < 1.29 is 12.8 Å². The second kappa shape index (κ2) is 9.54. The maximum atomic E-state index is 11.6. The molecule has 154 valence electrons. The van der Waals surface area contributed by atoms with Gasteiger partial charge in [-0.1, -0.05) is 35.9 Å². The SMILES string of the molecule is CN(Cc1ccc(CN(Cc2ccccn2)Cc2ccccc2Cl)o1)S(C)(=O)=O. The molecule has 3 rings (SSSR count). The third-order valence-electron chi connectivity index (χ3n) is 4.50. The molecule has 6 nitrogen and oxygen atoms in total. The van der Waals surface area contributed by atoms with Crippen LogP contribution in [0.3, 0.4) is 0 Å². The van der Waals surface area contributed by atoms with E-state index in [0.717, 1.165) is 17.0 Å². The summed E-state index contributed by atoms with van der Waals surface area (Å²) >= 11 is 6.35. The molecule has 0 radical (unpaired) electrons. The first-order valence-electron chi connectivity index (χ1n) is 9.16. The molecule has 0 saturated carbocycles. The zero-order valence-corrected chi connectivity index (χ0v) is 18.0. The molecule has 0 aliphatic heterocycles. The Balaban J connectivity index is 1.75. The molecule has 0 fully saturated rings. The molecule has 0 amide bonds. The Hall–Kier alpha value is -2.19. The normalized spacial score (nSPS) is 12.0. The Labute approximate surface area is 176 Å². The molecule has 0 atom stereocenters. The van der Waals surface area contributed by atoms with E-state index in [1.165, 1.54) is 17.6 Å². The Morgan fingerprint density at radius 3 is 2.28 bits per heavy atom. The van der Waals surface area contributed by atoms with Gasteiger partial charge in [0.2, 0.25) is 10.0 Å². The highest BCUT2D eigenvalue weighted by atomic mass is 35.5. The molecular weight excluding hydrogens is 410 g/mol. The van der Waals surface area contributed by atoms with Gasteiger partial charge in [-0.15, -0.1) is 0 Å². The number of halogens is 1. The standard InChI is InChI=1S/C21H24ClN3O3S/c1-24(29(2,26)27)15-19-10-11-20(28-19)16-25(14-18-8-5-6-12-23-18)13-17-7-3-4-9-21(17)22/h3-12H,13-16H2,1-2H3. The molecule has 2 heterocycles. The molecule has 3 aromatic rings. The molecule has 0 aliphatic carbocycles. The zero-order chi connectivity index (χ0) is 20.9. The van der Waals surface area contributed by atoms with Crippen LogP contribution in [0, 0.1) is 0 Å². The van der Waals surface area contributed by atoms with Gasteiger partial charge < -0.3 is 4.42 Å². The second-order valence-electron chi connectivity index (χ2n) is 6.94. The minimum Gasteiger partial charge on any atom is -0.463 e. The summed E-state index contributed by atoms with van der Waals surface area (Å²) in [6, 6.07) is 17.3. The molecule has 0 aliphatic rings. The van der Waals surface area contributed by atoms with Crippen molar-refractivity contribution >= 4 is 21.6 Å². The molecule has 0 unspecified atom stereocenters. The fraction of sp³-hybridized carbons (Fsp3) is 0.286. The van der Waals surface area contributed by atoms with Gasteiger partial charge in [0.1, 0.15) is 11.5 Å². The summed E-state index contributed by atoms with van der Waals surface area (Å²) in [6.07, 6.45) is 2.95. The van der Waals surface area contributed by atoms with Gasteiger partial charge in [0.15, 0.2) is 0 Å². The highest BCUT2D eigenvalue weighted by Crippen LogP contribution is 2.21. The van der Waals surface area contributed by atoms with Gasteiger partial charge in [-0.25, -0.2) is 8.42 Å². The summed E-state index contributed by atoms with van der Waals surface area (Å²) in [5.74, 6) is 1.35. The third-order valence-corrected chi connectivity index (χ3v) is 6.14. The lowest BCUT2D eigenvalue weighted by Gasteiger charge is -2.21. The maximum Gasteiger partial charge on any atom is 0.211 e. The monoisotopic (exact) mass is 433 g/mol. The molecule has 0 spiro atoms. The van der Waals surface area contributed by atoms with Gasteiger partial charge in [-0.2, -0.15) is 4.31 Å². The number of sulfonamides is 1. The lowest BCUT2D eigenvalue weighted by atomic mass is 10.2. The number of aromatic nitrogens is 1. The lowest BCUT2D eigenvalue weighted by molar-refractivity contribution is 0.221. The summed E-state index contributed by atoms with van der Waals surface area (Å²) in [5, 5.41) is 0.716. The van der Waals surface area contributed by atoms with E-state index >= 15 is 0 Å². The Kier molecular flexibility index (Phi) is 7.08. The van der Waals surface area contributed by atoms with E-state index in [2.05, 4.69) is 9.88 Å². The van der Waals surface area contributed by atoms with Gasteiger partial charge in [0.05, 0.1) is 25.0 Å². The van der Waals surface area contributed by atoms with Gasteiger partial charge in [-0.05, 0) is 35.9 Å². The van der Waals surface area contributed by atoms with Crippen molar-refractivity contribution in [2.75, 3.05) is 13.3 Å². The Bertz CT molecular complexity index is 1040. The predicted octanol–water partition coefficient (Wildman–Crippen LogP) is 3.92. The molecule has 8 heteroatoms. The number of hydrogen-bond donors (Lipinski definition) is 0. The van der Waals surface area contributed by atoms with Crippen molar-refractivity contribution in [2.24, 2.45) is 0 Å². The smallest absolute Gasteiger partial charge is 0.211 e. The molecule has 0 N–H and O–H groups in total. The van der Waals surface area contributed by atoms with Crippen molar-refractivity contribution in [1.29, 1.82) is 0 Å². The highest BCUT2D eigenvalue weighted by Gasteiger charge is 2.16. The fourth-order valence-electron chi connectivity index (χ4n) is 2.91. The van der Waals surface area contributed by atoms with Crippen LogP contribution in [-0.2, 0) is 36.2 Å². The number of benzene rings is 1. The van der Waals surface area contributed by atoms with Crippen LogP contribution in [0.1, 0.15) is 22.8 Å². The van der Waals surface area contributed by atoms with E-state index in [1.54, 1.807) is 6.20 Å². The minimum absolute atomic E-state index is 0.198.